The van der Waals surface area contributed by atoms with Crippen LogP contribution in [0.3, 0.4) is 0 Å². The summed E-state index contributed by atoms with van der Waals surface area (Å²) in [5.74, 6) is 1.24. The van der Waals surface area contributed by atoms with Gasteiger partial charge in [0, 0.05) is 6.54 Å². The maximum absolute atomic E-state index is 12.2. The lowest BCUT2D eigenvalue weighted by Crippen LogP contribution is -2.25. The number of aromatic nitrogens is 1. The van der Waals surface area contributed by atoms with Gasteiger partial charge in [-0.2, -0.15) is 0 Å². The van der Waals surface area contributed by atoms with Crippen LogP contribution in [0.25, 0.3) is 10.2 Å². The Kier molecular flexibility index (Phi) is 4.96. The van der Waals surface area contributed by atoms with Crippen LogP contribution in [-0.2, 0) is 6.42 Å². The van der Waals surface area contributed by atoms with E-state index in [2.05, 4.69) is 10.3 Å². The fourth-order valence-electron chi connectivity index (χ4n) is 2.40. The van der Waals surface area contributed by atoms with E-state index in [-0.39, 0.29) is 5.91 Å². The lowest BCUT2D eigenvalue weighted by atomic mass is 10.1. The van der Waals surface area contributed by atoms with Gasteiger partial charge in [-0.1, -0.05) is 18.2 Å². The average Bonchev–Trinajstić information content (AvgIpc) is 3.05. The van der Waals surface area contributed by atoms with E-state index in [4.69, 9.17) is 9.47 Å². The van der Waals surface area contributed by atoms with Gasteiger partial charge in [-0.15, -0.1) is 11.3 Å². The van der Waals surface area contributed by atoms with E-state index in [0.717, 1.165) is 15.8 Å². The molecule has 5 nitrogen and oxygen atoms in total. The van der Waals surface area contributed by atoms with Gasteiger partial charge in [-0.25, -0.2) is 4.98 Å². The molecular formula is C18H18N2O3S. The zero-order chi connectivity index (χ0) is 16.9. The number of rotatable bonds is 6. The number of carbonyl (C=O) groups is 1. The monoisotopic (exact) mass is 342 g/mol. The summed E-state index contributed by atoms with van der Waals surface area (Å²) < 4.78 is 11.5. The highest BCUT2D eigenvalue weighted by atomic mass is 32.1. The summed E-state index contributed by atoms with van der Waals surface area (Å²) in [6.07, 6.45) is 0.705. The predicted octanol–water partition coefficient (Wildman–Crippen LogP) is 3.29. The van der Waals surface area contributed by atoms with Crippen LogP contribution in [0.5, 0.6) is 11.5 Å². The van der Waals surface area contributed by atoms with Crippen molar-refractivity contribution in [1.82, 2.24) is 10.3 Å². The van der Waals surface area contributed by atoms with Gasteiger partial charge in [-0.3, -0.25) is 4.79 Å². The van der Waals surface area contributed by atoms with Gasteiger partial charge in [0.05, 0.1) is 24.4 Å². The van der Waals surface area contributed by atoms with Crippen molar-refractivity contribution < 1.29 is 14.3 Å². The largest absolute Gasteiger partial charge is 0.493 e. The van der Waals surface area contributed by atoms with E-state index in [1.807, 2.05) is 42.5 Å². The molecule has 0 aliphatic heterocycles. The van der Waals surface area contributed by atoms with Gasteiger partial charge in [0.25, 0.3) is 5.91 Å². The highest BCUT2D eigenvalue weighted by molar-refractivity contribution is 7.20. The van der Waals surface area contributed by atoms with E-state index < -0.39 is 0 Å². The van der Waals surface area contributed by atoms with Crippen molar-refractivity contribution in [1.29, 1.82) is 0 Å². The Morgan fingerprint density at radius 3 is 2.67 bits per heavy atom. The number of hydrogen-bond acceptors (Lipinski definition) is 5. The first kappa shape index (κ1) is 16.3. The van der Waals surface area contributed by atoms with Crippen molar-refractivity contribution in [3.8, 4) is 11.5 Å². The SMILES string of the molecule is COc1ccc(CCNC(=O)c2nc3ccccc3s2)cc1OC. The van der Waals surface area contributed by atoms with Crippen LogP contribution in [0.2, 0.25) is 0 Å². The van der Waals surface area contributed by atoms with E-state index >= 15 is 0 Å². The Hall–Kier alpha value is -2.60. The molecule has 0 aliphatic rings. The molecule has 0 radical (unpaired) electrons. The molecule has 0 unspecified atom stereocenters. The maximum atomic E-state index is 12.2. The van der Waals surface area contributed by atoms with Crippen LogP contribution >= 0.6 is 11.3 Å². The summed E-state index contributed by atoms with van der Waals surface area (Å²) in [6.45, 7) is 0.532. The molecule has 1 amide bonds. The van der Waals surface area contributed by atoms with Crippen LogP contribution in [0.1, 0.15) is 15.4 Å². The number of para-hydroxylation sites is 1. The number of benzene rings is 2. The van der Waals surface area contributed by atoms with Gasteiger partial charge in [-0.05, 0) is 36.2 Å². The fraction of sp³-hybridized carbons (Fsp3) is 0.222. The molecule has 0 bridgehead atoms. The lowest BCUT2D eigenvalue weighted by Gasteiger charge is -2.09. The second-order valence-corrected chi connectivity index (χ2v) is 6.21. The normalized spacial score (nSPS) is 10.6. The van der Waals surface area contributed by atoms with Gasteiger partial charge in [0.2, 0.25) is 0 Å². The summed E-state index contributed by atoms with van der Waals surface area (Å²) in [6, 6.07) is 13.5. The number of thiazole rings is 1. The van der Waals surface area contributed by atoms with Crippen LogP contribution in [0.15, 0.2) is 42.5 Å². The molecular weight excluding hydrogens is 324 g/mol. The zero-order valence-electron chi connectivity index (χ0n) is 13.5. The van der Waals surface area contributed by atoms with Crippen molar-refractivity contribution in [2.75, 3.05) is 20.8 Å². The minimum atomic E-state index is -0.142. The Balaban J connectivity index is 1.60. The molecule has 3 rings (SSSR count). The number of ether oxygens (including phenoxy) is 2. The fourth-order valence-corrected chi connectivity index (χ4v) is 3.28. The van der Waals surface area contributed by atoms with Crippen molar-refractivity contribution in [2.24, 2.45) is 0 Å². The third-order valence-electron chi connectivity index (χ3n) is 3.64. The summed E-state index contributed by atoms with van der Waals surface area (Å²) in [5.41, 5.74) is 1.92. The van der Waals surface area contributed by atoms with E-state index in [1.54, 1.807) is 14.2 Å². The van der Waals surface area contributed by atoms with Crippen molar-refractivity contribution >= 4 is 27.5 Å². The highest BCUT2D eigenvalue weighted by Gasteiger charge is 2.11. The molecule has 0 fully saturated rings. The Bertz CT molecular complexity index is 827. The summed E-state index contributed by atoms with van der Waals surface area (Å²) in [4.78, 5) is 16.6. The predicted molar refractivity (Wildman–Crippen MR) is 95.2 cm³/mol. The minimum Gasteiger partial charge on any atom is -0.493 e. The van der Waals surface area contributed by atoms with Gasteiger partial charge >= 0.3 is 0 Å². The number of amides is 1. The number of hydrogen-bond donors (Lipinski definition) is 1. The van der Waals surface area contributed by atoms with E-state index in [0.29, 0.717) is 29.5 Å². The topological polar surface area (TPSA) is 60.5 Å². The minimum absolute atomic E-state index is 0.142. The molecule has 3 aromatic rings. The molecule has 0 aliphatic carbocycles. The average molecular weight is 342 g/mol. The molecule has 6 heteroatoms. The van der Waals surface area contributed by atoms with Crippen molar-refractivity contribution in [2.45, 2.75) is 6.42 Å². The van der Waals surface area contributed by atoms with Crippen LogP contribution in [0.4, 0.5) is 0 Å². The second kappa shape index (κ2) is 7.31. The van der Waals surface area contributed by atoms with Gasteiger partial charge in [0.1, 0.15) is 0 Å². The number of nitrogens with zero attached hydrogens (tertiary/aromatic N) is 1. The molecule has 1 N–H and O–H groups in total. The maximum Gasteiger partial charge on any atom is 0.280 e. The Morgan fingerprint density at radius 1 is 1.12 bits per heavy atom. The first-order chi connectivity index (χ1) is 11.7. The van der Waals surface area contributed by atoms with Gasteiger partial charge < -0.3 is 14.8 Å². The summed E-state index contributed by atoms with van der Waals surface area (Å²) >= 11 is 1.40. The molecule has 0 saturated carbocycles. The highest BCUT2D eigenvalue weighted by Crippen LogP contribution is 2.27. The number of carbonyl (C=O) groups excluding carboxylic acids is 1. The molecule has 0 atom stereocenters. The van der Waals surface area contributed by atoms with Crippen LogP contribution in [-0.4, -0.2) is 31.7 Å². The molecule has 1 heterocycles. The van der Waals surface area contributed by atoms with Crippen molar-refractivity contribution in [3.05, 3.63) is 53.0 Å². The third kappa shape index (κ3) is 3.49. The number of fused-ring (bicyclic) bond motifs is 1. The number of nitrogens with one attached hydrogen (secondary N) is 1. The quantitative estimate of drug-likeness (QED) is 0.747. The zero-order valence-corrected chi connectivity index (χ0v) is 14.4. The Labute approximate surface area is 144 Å². The van der Waals surface area contributed by atoms with Crippen LogP contribution < -0.4 is 14.8 Å². The summed E-state index contributed by atoms with van der Waals surface area (Å²) in [5, 5.41) is 3.40. The molecule has 1 aromatic heterocycles. The Morgan fingerprint density at radius 2 is 1.92 bits per heavy atom. The lowest BCUT2D eigenvalue weighted by molar-refractivity contribution is 0.0954. The number of methoxy groups -OCH3 is 2. The standard InChI is InChI=1S/C18H18N2O3S/c1-22-14-8-7-12(11-15(14)23-2)9-10-19-17(21)18-20-13-5-3-4-6-16(13)24-18/h3-8,11H,9-10H2,1-2H3,(H,19,21). The van der Waals surface area contributed by atoms with E-state index in [9.17, 15) is 4.79 Å². The molecule has 0 saturated heterocycles. The van der Waals surface area contributed by atoms with Crippen LogP contribution in [0, 0.1) is 0 Å². The molecule has 124 valence electrons. The first-order valence-electron chi connectivity index (χ1n) is 7.56. The first-order valence-corrected chi connectivity index (χ1v) is 8.37. The molecule has 24 heavy (non-hydrogen) atoms. The van der Waals surface area contributed by atoms with E-state index in [1.165, 1.54) is 11.3 Å². The second-order valence-electron chi connectivity index (χ2n) is 5.18. The molecule has 2 aromatic carbocycles. The third-order valence-corrected chi connectivity index (χ3v) is 4.67. The molecule has 0 spiro atoms. The van der Waals surface area contributed by atoms with Crippen molar-refractivity contribution in [3.63, 3.8) is 0 Å². The smallest absolute Gasteiger partial charge is 0.280 e. The summed E-state index contributed by atoms with van der Waals surface area (Å²) in [7, 11) is 3.21. The van der Waals surface area contributed by atoms with Gasteiger partial charge in [0.15, 0.2) is 16.5 Å².